The molecular weight excluding hydrogens is 284 g/mol. The molecule has 124 valence electrons. The molecule has 0 atom stereocenters. The molecule has 0 saturated carbocycles. The Hall–Kier alpha value is -1.96. The van der Waals surface area contributed by atoms with E-state index in [0.29, 0.717) is 17.4 Å². The van der Waals surface area contributed by atoms with Gasteiger partial charge in [0.2, 0.25) is 0 Å². The lowest BCUT2D eigenvalue weighted by atomic mass is 9.85. The van der Waals surface area contributed by atoms with Gasteiger partial charge in [0.1, 0.15) is 11.5 Å². The summed E-state index contributed by atoms with van der Waals surface area (Å²) in [4.78, 5) is 0. The normalized spacial score (nSPS) is 11.1. The molecule has 0 heterocycles. The standard InChI is InChI=1S/C21H28O2/c1-4-7-8-19(17-9-11-20(22)15(5-2)13-17)18-10-12-21(23)16(6-3)14-18/h9-14,19,22-23H,4-8H2,1-3H3. The maximum Gasteiger partial charge on any atom is 0.118 e. The number of hydrogen-bond donors (Lipinski definition) is 2. The van der Waals surface area contributed by atoms with Gasteiger partial charge in [0.25, 0.3) is 0 Å². The van der Waals surface area contributed by atoms with Crippen LogP contribution in [-0.2, 0) is 12.8 Å². The minimum atomic E-state index is 0.312. The lowest BCUT2D eigenvalue weighted by molar-refractivity contribution is 0.468. The van der Waals surface area contributed by atoms with Crippen molar-refractivity contribution < 1.29 is 10.2 Å². The Labute approximate surface area is 139 Å². The molecule has 2 heteroatoms. The molecule has 0 bridgehead atoms. The summed E-state index contributed by atoms with van der Waals surface area (Å²) in [5, 5.41) is 19.9. The first-order chi connectivity index (χ1) is 11.1. The summed E-state index contributed by atoms with van der Waals surface area (Å²) < 4.78 is 0. The predicted molar refractivity (Wildman–Crippen MR) is 96.3 cm³/mol. The van der Waals surface area contributed by atoms with Crippen molar-refractivity contribution in [2.45, 2.75) is 58.8 Å². The Balaban J connectivity index is 2.44. The highest BCUT2D eigenvalue weighted by atomic mass is 16.3. The average Bonchev–Trinajstić information content (AvgIpc) is 2.57. The highest BCUT2D eigenvalue weighted by Gasteiger charge is 2.16. The summed E-state index contributed by atoms with van der Waals surface area (Å²) in [5.74, 6) is 1.07. The van der Waals surface area contributed by atoms with Crippen LogP contribution in [0.1, 0.15) is 68.2 Å². The second-order valence-corrected chi connectivity index (χ2v) is 6.18. The lowest BCUT2D eigenvalue weighted by Crippen LogP contribution is -2.03. The summed E-state index contributed by atoms with van der Waals surface area (Å²) in [6.07, 6.45) is 5.06. The topological polar surface area (TPSA) is 40.5 Å². The Morgan fingerprint density at radius 1 is 0.783 bits per heavy atom. The van der Waals surface area contributed by atoms with Crippen molar-refractivity contribution in [3.05, 3.63) is 58.7 Å². The zero-order chi connectivity index (χ0) is 16.8. The van der Waals surface area contributed by atoms with Crippen LogP contribution in [0.5, 0.6) is 11.5 Å². The second-order valence-electron chi connectivity index (χ2n) is 6.18. The van der Waals surface area contributed by atoms with Crippen LogP contribution in [0.25, 0.3) is 0 Å². The molecule has 0 aliphatic heterocycles. The van der Waals surface area contributed by atoms with E-state index in [-0.39, 0.29) is 0 Å². The Morgan fingerprint density at radius 3 is 1.65 bits per heavy atom. The molecular formula is C21H28O2. The fraction of sp³-hybridized carbons (Fsp3) is 0.429. The summed E-state index contributed by atoms with van der Waals surface area (Å²) >= 11 is 0. The Morgan fingerprint density at radius 2 is 1.26 bits per heavy atom. The molecule has 0 saturated heterocycles. The number of benzene rings is 2. The highest BCUT2D eigenvalue weighted by molar-refractivity contribution is 5.44. The molecule has 2 aromatic rings. The summed E-state index contributed by atoms with van der Waals surface area (Å²) in [6.45, 7) is 6.34. The number of aryl methyl sites for hydroxylation is 2. The van der Waals surface area contributed by atoms with Crippen molar-refractivity contribution in [2.24, 2.45) is 0 Å². The number of aromatic hydroxyl groups is 2. The third kappa shape index (κ3) is 4.07. The van der Waals surface area contributed by atoms with Gasteiger partial charge in [0.05, 0.1) is 0 Å². The van der Waals surface area contributed by atoms with Crippen LogP contribution in [0.15, 0.2) is 36.4 Å². The number of hydrogen-bond acceptors (Lipinski definition) is 2. The monoisotopic (exact) mass is 312 g/mol. The first-order valence-corrected chi connectivity index (χ1v) is 8.74. The van der Waals surface area contributed by atoms with E-state index in [1.54, 1.807) is 0 Å². The van der Waals surface area contributed by atoms with Crippen LogP contribution in [0.2, 0.25) is 0 Å². The van der Waals surface area contributed by atoms with Gasteiger partial charge in [-0.3, -0.25) is 0 Å². The quantitative estimate of drug-likeness (QED) is 0.704. The van der Waals surface area contributed by atoms with Crippen molar-refractivity contribution in [1.29, 1.82) is 0 Å². The third-order valence-electron chi connectivity index (χ3n) is 4.62. The summed E-state index contributed by atoms with van der Waals surface area (Å²) in [6, 6.07) is 12.0. The number of phenols is 2. The van der Waals surface area contributed by atoms with E-state index < -0.39 is 0 Å². The zero-order valence-corrected chi connectivity index (χ0v) is 14.5. The average molecular weight is 312 g/mol. The third-order valence-corrected chi connectivity index (χ3v) is 4.62. The largest absolute Gasteiger partial charge is 0.508 e. The second kappa shape index (κ2) is 8.05. The number of unbranched alkanes of at least 4 members (excludes halogenated alkanes) is 1. The van der Waals surface area contributed by atoms with Crippen molar-refractivity contribution in [1.82, 2.24) is 0 Å². The van der Waals surface area contributed by atoms with Gasteiger partial charge in [-0.25, -0.2) is 0 Å². The molecule has 0 radical (unpaired) electrons. The van der Waals surface area contributed by atoms with Gasteiger partial charge >= 0.3 is 0 Å². The summed E-state index contributed by atoms with van der Waals surface area (Å²) in [7, 11) is 0. The van der Waals surface area contributed by atoms with Gasteiger partial charge in [-0.15, -0.1) is 0 Å². The molecule has 0 aliphatic carbocycles. The van der Waals surface area contributed by atoms with Gasteiger partial charge in [0.15, 0.2) is 0 Å². The Bertz CT molecular complexity index is 593. The SMILES string of the molecule is CCCCC(c1ccc(O)c(CC)c1)c1ccc(O)c(CC)c1. The molecule has 0 spiro atoms. The van der Waals surface area contributed by atoms with Crippen molar-refractivity contribution in [2.75, 3.05) is 0 Å². The lowest BCUT2D eigenvalue weighted by Gasteiger charge is -2.20. The van der Waals surface area contributed by atoms with E-state index in [2.05, 4.69) is 32.9 Å². The van der Waals surface area contributed by atoms with E-state index in [0.717, 1.165) is 43.2 Å². The molecule has 2 nitrogen and oxygen atoms in total. The van der Waals surface area contributed by atoms with E-state index in [1.165, 1.54) is 11.1 Å². The molecule has 2 rings (SSSR count). The maximum atomic E-state index is 9.95. The Kier molecular flexibility index (Phi) is 6.09. The molecule has 0 unspecified atom stereocenters. The van der Waals surface area contributed by atoms with Gasteiger partial charge in [-0.1, -0.05) is 57.9 Å². The summed E-state index contributed by atoms with van der Waals surface area (Å²) in [5.41, 5.74) is 4.50. The number of phenolic OH excluding ortho intramolecular Hbond substituents is 2. The first-order valence-electron chi connectivity index (χ1n) is 8.74. The molecule has 0 aliphatic rings. The number of rotatable bonds is 7. The van der Waals surface area contributed by atoms with Crippen LogP contribution in [-0.4, -0.2) is 10.2 Å². The highest BCUT2D eigenvalue weighted by Crippen LogP contribution is 2.34. The van der Waals surface area contributed by atoms with Crippen LogP contribution >= 0.6 is 0 Å². The van der Waals surface area contributed by atoms with Crippen molar-refractivity contribution in [3.8, 4) is 11.5 Å². The van der Waals surface area contributed by atoms with Crippen LogP contribution < -0.4 is 0 Å². The van der Waals surface area contributed by atoms with E-state index in [9.17, 15) is 10.2 Å². The van der Waals surface area contributed by atoms with Gasteiger partial charge in [0, 0.05) is 5.92 Å². The van der Waals surface area contributed by atoms with Crippen molar-refractivity contribution in [3.63, 3.8) is 0 Å². The van der Waals surface area contributed by atoms with E-state index in [1.807, 2.05) is 24.3 Å². The van der Waals surface area contributed by atoms with Gasteiger partial charge < -0.3 is 10.2 Å². The minimum absolute atomic E-state index is 0.312. The molecule has 2 aromatic carbocycles. The van der Waals surface area contributed by atoms with E-state index >= 15 is 0 Å². The van der Waals surface area contributed by atoms with Crippen molar-refractivity contribution >= 4 is 0 Å². The molecule has 23 heavy (non-hydrogen) atoms. The van der Waals surface area contributed by atoms with Crippen LogP contribution in [0, 0.1) is 0 Å². The molecule has 0 fully saturated rings. The molecule has 2 N–H and O–H groups in total. The fourth-order valence-corrected chi connectivity index (χ4v) is 3.14. The van der Waals surface area contributed by atoms with Crippen LogP contribution in [0.4, 0.5) is 0 Å². The maximum absolute atomic E-state index is 9.95. The predicted octanol–water partition coefficient (Wildman–Crippen LogP) is 5.54. The smallest absolute Gasteiger partial charge is 0.118 e. The molecule has 0 amide bonds. The first kappa shape index (κ1) is 17.4. The van der Waals surface area contributed by atoms with E-state index in [4.69, 9.17) is 0 Å². The fourth-order valence-electron chi connectivity index (χ4n) is 3.14. The van der Waals surface area contributed by atoms with Gasteiger partial charge in [-0.05, 0) is 53.6 Å². The zero-order valence-electron chi connectivity index (χ0n) is 14.5. The molecule has 0 aromatic heterocycles. The minimum Gasteiger partial charge on any atom is -0.508 e. The van der Waals surface area contributed by atoms with Crippen LogP contribution in [0.3, 0.4) is 0 Å². The van der Waals surface area contributed by atoms with Gasteiger partial charge in [-0.2, -0.15) is 0 Å².